The molecule has 0 spiro atoms. The van der Waals surface area contributed by atoms with Crippen molar-refractivity contribution in [2.24, 2.45) is 0 Å². The molecule has 0 amide bonds. The monoisotopic (exact) mass is 281 g/mol. The third kappa shape index (κ3) is 5.29. The van der Waals surface area contributed by atoms with Crippen molar-refractivity contribution in [1.82, 2.24) is 0 Å². The van der Waals surface area contributed by atoms with Crippen LogP contribution in [0.5, 0.6) is 11.5 Å². The Kier molecular flexibility index (Phi) is 6.65. The second-order valence-corrected chi connectivity index (χ2v) is 5.17. The van der Waals surface area contributed by atoms with E-state index in [1.165, 1.54) is 0 Å². The summed E-state index contributed by atoms with van der Waals surface area (Å²) in [6.45, 7) is 10.2. The van der Waals surface area contributed by atoms with Gasteiger partial charge in [0, 0.05) is 25.4 Å². The second-order valence-electron chi connectivity index (χ2n) is 5.17. The van der Waals surface area contributed by atoms with E-state index >= 15 is 0 Å². The molecule has 1 N–H and O–H groups in total. The van der Waals surface area contributed by atoms with Gasteiger partial charge in [0.05, 0.1) is 18.8 Å². The molecule has 0 atom stereocenters. The SMILES string of the molecule is CCOc1ccc(NCCC(C)(C)OC)cc1OCC. The van der Waals surface area contributed by atoms with Gasteiger partial charge in [-0.2, -0.15) is 0 Å². The van der Waals surface area contributed by atoms with Crippen molar-refractivity contribution in [2.45, 2.75) is 39.7 Å². The molecule has 0 bridgehead atoms. The smallest absolute Gasteiger partial charge is 0.163 e. The van der Waals surface area contributed by atoms with E-state index in [-0.39, 0.29) is 5.60 Å². The predicted octanol–water partition coefficient (Wildman–Crippen LogP) is 3.71. The number of ether oxygens (including phenoxy) is 3. The predicted molar refractivity (Wildman–Crippen MR) is 83.0 cm³/mol. The van der Waals surface area contributed by atoms with Crippen molar-refractivity contribution in [3.05, 3.63) is 18.2 Å². The average molecular weight is 281 g/mol. The zero-order chi connectivity index (χ0) is 15.0. The van der Waals surface area contributed by atoms with Crippen molar-refractivity contribution < 1.29 is 14.2 Å². The van der Waals surface area contributed by atoms with Crippen LogP contribution in [0.25, 0.3) is 0 Å². The van der Waals surface area contributed by atoms with Crippen molar-refractivity contribution in [2.75, 3.05) is 32.2 Å². The summed E-state index contributed by atoms with van der Waals surface area (Å²) < 4.78 is 16.6. The highest BCUT2D eigenvalue weighted by molar-refractivity contribution is 5.54. The highest BCUT2D eigenvalue weighted by Gasteiger charge is 2.15. The van der Waals surface area contributed by atoms with E-state index < -0.39 is 0 Å². The van der Waals surface area contributed by atoms with E-state index in [9.17, 15) is 0 Å². The lowest BCUT2D eigenvalue weighted by molar-refractivity contribution is 0.0185. The summed E-state index contributed by atoms with van der Waals surface area (Å²) in [6.07, 6.45) is 0.931. The molecule has 0 aromatic heterocycles. The fraction of sp³-hybridized carbons (Fsp3) is 0.625. The molecule has 0 aliphatic heterocycles. The molecule has 0 fully saturated rings. The van der Waals surface area contributed by atoms with Crippen molar-refractivity contribution >= 4 is 5.69 Å². The molecule has 0 saturated carbocycles. The van der Waals surface area contributed by atoms with E-state index in [0.29, 0.717) is 13.2 Å². The lowest BCUT2D eigenvalue weighted by atomic mass is 10.1. The molecular weight excluding hydrogens is 254 g/mol. The fourth-order valence-electron chi connectivity index (χ4n) is 1.77. The molecule has 20 heavy (non-hydrogen) atoms. The zero-order valence-corrected chi connectivity index (χ0v) is 13.3. The number of nitrogens with one attached hydrogen (secondary N) is 1. The minimum atomic E-state index is -0.110. The van der Waals surface area contributed by atoms with Crippen molar-refractivity contribution in [1.29, 1.82) is 0 Å². The average Bonchev–Trinajstić information content (AvgIpc) is 2.42. The third-order valence-electron chi connectivity index (χ3n) is 3.15. The summed E-state index contributed by atoms with van der Waals surface area (Å²) in [5.41, 5.74) is 0.921. The fourth-order valence-corrected chi connectivity index (χ4v) is 1.77. The molecule has 4 heteroatoms. The van der Waals surface area contributed by atoms with Gasteiger partial charge in [-0.3, -0.25) is 0 Å². The van der Waals surface area contributed by atoms with Gasteiger partial charge < -0.3 is 19.5 Å². The van der Waals surface area contributed by atoms with Gasteiger partial charge in [-0.15, -0.1) is 0 Å². The number of hydrogen-bond acceptors (Lipinski definition) is 4. The molecular formula is C16H27NO3. The molecule has 4 nitrogen and oxygen atoms in total. The minimum absolute atomic E-state index is 0.110. The Bertz CT molecular complexity index is 405. The summed E-state index contributed by atoms with van der Waals surface area (Å²) in [6, 6.07) is 5.93. The lowest BCUT2D eigenvalue weighted by Gasteiger charge is -2.23. The molecule has 0 aliphatic carbocycles. The molecule has 1 aromatic rings. The molecule has 0 heterocycles. The van der Waals surface area contributed by atoms with Crippen LogP contribution < -0.4 is 14.8 Å². The highest BCUT2D eigenvalue weighted by Crippen LogP contribution is 2.30. The number of anilines is 1. The molecule has 0 aliphatic rings. The van der Waals surface area contributed by atoms with Crippen LogP contribution >= 0.6 is 0 Å². The maximum absolute atomic E-state index is 5.61. The first kappa shape index (κ1) is 16.6. The molecule has 0 radical (unpaired) electrons. The zero-order valence-electron chi connectivity index (χ0n) is 13.3. The maximum Gasteiger partial charge on any atom is 0.163 e. The van der Waals surface area contributed by atoms with Gasteiger partial charge in [-0.1, -0.05) is 0 Å². The normalized spacial score (nSPS) is 11.2. The van der Waals surface area contributed by atoms with E-state index in [0.717, 1.165) is 30.2 Å². The van der Waals surface area contributed by atoms with Gasteiger partial charge in [0.15, 0.2) is 11.5 Å². The van der Waals surface area contributed by atoms with E-state index in [1.807, 2.05) is 32.0 Å². The first-order valence-corrected chi connectivity index (χ1v) is 7.21. The Hall–Kier alpha value is -1.42. The lowest BCUT2D eigenvalue weighted by Crippen LogP contribution is -2.25. The van der Waals surface area contributed by atoms with Crippen LogP contribution in [0, 0.1) is 0 Å². The third-order valence-corrected chi connectivity index (χ3v) is 3.15. The van der Waals surface area contributed by atoms with Crippen LogP contribution in [-0.4, -0.2) is 32.5 Å². The number of benzene rings is 1. The van der Waals surface area contributed by atoms with Crippen LogP contribution in [-0.2, 0) is 4.74 Å². The molecule has 114 valence electrons. The van der Waals surface area contributed by atoms with Gasteiger partial charge >= 0.3 is 0 Å². The number of hydrogen-bond donors (Lipinski definition) is 1. The standard InChI is InChI=1S/C16H27NO3/c1-6-19-14-9-8-13(12-15(14)20-7-2)17-11-10-16(3,4)18-5/h8-9,12,17H,6-7,10-11H2,1-5H3. The van der Waals surface area contributed by atoms with Crippen LogP contribution in [0.15, 0.2) is 18.2 Å². The second kappa shape index (κ2) is 8.00. The Morgan fingerprint density at radius 2 is 1.70 bits per heavy atom. The molecule has 0 saturated heterocycles. The Balaban J connectivity index is 2.64. The van der Waals surface area contributed by atoms with E-state index in [1.54, 1.807) is 7.11 Å². The van der Waals surface area contributed by atoms with Gasteiger partial charge in [0.25, 0.3) is 0 Å². The quantitative estimate of drug-likeness (QED) is 0.749. The van der Waals surface area contributed by atoms with Gasteiger partial charge in [0.2, 0.25) is 0 Å². The summed E-state index contributed by atoms with van der Waals surface area (Å²) >= 11 is 0. The highest BCUT2D eigenvalue weighted by atomic mass is 16.5. The maximum atomic E-state index is 5.61. The Labute approximate surface area is 122 Å². The van der Waals surface area contributed by atoms with Gasteiger partial charge in [0.1, 0.15) is 0 Å². The van der Waals surface area contributed by atoms with Crippen molar-refractivity contribution in [3.8, 4) is 11.5 Å². The largest absolute Gasteiger partial charge is 0.490 e. The summed E-state index contributed by atoms with van der Waals surface area (Å²) in [7, 11) is 1.74. The van der Waals surface area contributed by atoms with Gasteiger partial charge in [-0.05, 0) is 46.2 Å². The van der Waals surface area contributed by atoms with E-state index in [2.05, 4.69) is 19.2 Å². The molecule has 1 aromatic carbocycles. The summed E-state index contributed by atoms with van der Waals surface area (Å²) in [4.78, 5) is 0. The Morgan fingerprint density at radius 1 is 1.05 bits per heavy atom. The minimum Gasteiger partial charge on any atom is -0.490 e. The summed E-state index contributed by atoms with van der Waals surface area (Å²) in [5.74, 6) is 1.57. The van der Waals surface area contributed by atoms with Crippen LogP contribution in [0.4, 0.5) is 5.69 Å². The van der Waals surface area contributed by atoms with E-state index in [4.69, 9.17) is 14.2 Å². The summed E-state index contributed by atoms with van der Waals surface area (Å²) in [5, 5.41) is 3.39. The topological polar surface area (TPSA) is 39.7 Å². The van der Waals surface area contributed by atoms with Crippen LogP contribution in [0.3, 0.4) is 0 Å². The number of methoxy groups -OCH3 is 1. The van der Waals surface area contributed by atoms with Crippen LogP contribution in [0.2, 0.25) is 0 Å². The van der Waals surface area contributed by atoms with Gasteiger partial charge in [-0.25, -0.2) is 0 Å². The molecule has 0 unspecified atom stereocenters. The number of rotatable bonds is 9. The van der Waals surface area contributed by atoms with Crippen molar-refractivity contribution in [3.63, 3.8) is 0 Å². The Morgan fingerprint density at radius 3 is 2.30 bits per heavy atom. The van der Waals surface area contributed by atoms with Crippen LogP contribution in [0.1, 0.15) is 34.1 Å². The molecule has 1 rings (SSSR count). The first-order chi connectivity index (χ1) is 9.52. The first-order valence-electron chi connectivity index (χ1n) is 7.21.